The van der Waals surface area contributed by atoms with E-state index in [9.17, 15) is 0 Å². The Balaban J connectivity index is 1.24. The van der Waals surface area contributed by atoms with E-state index in [2.05, 4.69) is 141 Å². The van der Waals surface area contributed by atoms with Gasteiger partial charge in [0.15, 0.2) is 0 Å². The highest BCUT2D eigenvalue weighted by Crippen LogP contribution is 2.16. The molecule has 0 radical (unpaired) electrons. The van der Waals surface area contributed by atoms with E-state index in [-0.39, 0.29) is 0 Å². The van der Waals surface area contributed by atoms with Crippen molar-refractivity contribution in [3.05, 3.63) is 136 Å². The smallest absolute Gasteiger partial charge is 0.119 e. The molecule has 0 aliphatic rings. The van der Waals surface area contributed by atoms with Gasteiger partial charge in [0, 0.05) is 13.1 Å². The highest BCUT2D eigenvalue weighted by Gasteiger charge is 2.18. The fraction of sp³-hybridized carbons (Fsp3) is 0.212. The van der Waals surface area contributed by atoms with Gasteiger partial charge in [-0.25, -0.2) is 0 Å². The van der Waals surface area contributed by atoms with Gasteiger partial charge in [0.05, 0.1) is 0 Å². The van der Waals surface area contributed by atoms with Crippen LogP contribution in [0, 0.1) is 13.8 Å². The molecule has 0 aliphatic heterocycles. The van der Waals surface area contributed by atoms with Crippen molar-refractivity contribution in [2.75, 3.05) is 0 Å². The first-order valence-corrected chi connectivity index (χ1v) is 15.8. The molecule has 0 heterocycles. The Hall–Kier alpha value is -3.40. The first-order valence-electron chi connectivity index (χ1n) is 12.7. The van der Waals surface area contributed by atoms with Crippen LogP contribution in [0.2, 0.25) is 13.1 Å². The molecule has 3 heteroatoms. The molecular formula is C33H37NOSi. The molecule has 0 fully saturated rings. The minimum atomic E-state index is -1.58. The van der Waals surface area contributed by atoms with E-state index < -0.39 is 8.07 Å². The van der Waals surface area contributed by atoms with Gasteiger partial charge in [0.25, 0.3) is 0 Å². The molecule has 4 aromatic rings. The Kier molecular flexibility index (Phi) is 8.58. The number of hydrogen-bond acceptors (Lipinski definition) is 2. The number of nitrogens with one attached hydrogen (secondary N) is 1. The summed E-state index contributed by atoms with van der Waals surface area (Å²) >= 11 is 0. The summed E-state index contributed by atoms with van der Waals surface area (Å²) in [6.45, 7) is 11.3. The summed E-state index contributed by atoms with van der Waals surface area (Å²) in [6.07, 6.45) is 2.26. The zero-order valence-electron chi connectivity index (χ0n) is 21.9. The Bertz CT molecular complexity index is 1260. The molecule has 0 amide bonds. The zero-order chi connectivity index (χ0) is 25.4. The summed E-state index contributed by atoms with van der Waals surface area (Å²) in [7, 11) is -1.58. The van der Waals surface area contributed by atoms with Gasteiger partial charge in [-0.2, -0.15) is 0 Å². The molecule has 0 atom stereocenters. The molecule has 0 spiro atoms. The highest BCUT2D eigenvalue weighted by atomic mass is 28.3. The van der Waals surface area contributed by atoms with Crippen LogP contribution in [-0.2, 0) is 19.7 Å². The van der Waals surface area contributed by atoms with Crippen LogP contribution in [0.5, 0.6) is 5.75 Å². The molecule has 1 N–H and O–H groups in total. The van der Waals surface area contributed by atoms with Crippen molar-refractivity contribution in [1.29, 1.82) is 0 Å². The number of ether oxygens (including phenoxy) is 1. The van der Waals surface area contributed by atoms with Crippen LogP contribution in [0.4, 0.5) is 0 Å². The van der Waals surface area contributed by atoms with Crippen LogP contribution in [-0.4, -0.2) is 8.07 Å². The van der Waals surface area contributed by atoms with E-state index in [1.54, 1.807) is 0 Å². The first kappa shape index (κ1) is 25.7. The summed E-state index contributed by atoms with van der Waals surface area (Å²) in [6, 6.07) is 34.6. The minimum Gasteiger partial charge on any atom is -0.489 e. The lowest BCUT2D eigenvalue weighted by Crippen LogP contribution is -2.39. The van der Waals surface area contributed by atoms with Gasteiger partial charge in [-0.1, -0.05) is 126 Å². The molecule has 0 bridgehead atoms. The molecule has 0 aliphatic carbocycles. The maximum atomic E-state index is 6.03. The summed E-state index contributed by atoms with van der Waals surface area (Å²) in [5.41, 5.74) is 10.0. The van der Waals surface area contributed by atoms with E-state index in [0.717, 1.165) is 18.8 Å². The predicted molar refractivity (Wildman–Crippen MR) is 156 cm³/mol. The maximum Gasteiger partial charge on any atom is 0.119 e. The van der Waals surface area contributed by atoms with E-state index >= 15 is 0 Å². The molecule has 0 unspecified atom stereocenters. The van der Waals surface area contributed by atoms with Gasteiger partial charge in [0.1, 0.15) is 20.4 Å². The second-order valence-corrected chi connectivity index (χ2v) is 14.5. The summed E-state index contributed by atoms with van der Waals surface area (Å²) in [5.74, 6) is 0.896. The zero-order valence-corrected chi connectivity index (χ0v) is 22.9. The Labute approximate surface area is 217 Å². The first-order chi connectivity index (χ1) is 17.4. The Morgan fingerprint density at radius 1 is 0.694 bits per heavy atom. The maximum absolute atomic E-state index is 6.03. The number of aryl methyl sites for hydroxylation is 2. The monoisotopic (exact) mass is 491 g/mol. The topological polar surface area (TPSA) is 21.3 Å². The van der Waals surface area contributed by atoms with Crippen molar-refractivity contribution in [3.63, 3.8) is 0 Å². The van der Waals surface area contributed by atoms with Crippen LogP contribution in [0.25, 0.3) is 6.08 Å². The normalized spacial score (nSPS) is 11.7. The van der Waals surface area contributed by atoms with Crippen LogP contribution < -0.4 is 15.2 Å². The fourth-order valence-electron chi connectivity index (χ4n) is 4.39. The molecule has 184 valence electrons. The fourth-order valence-corrected chi connectivity index (χ4v) is 6.24. The van der Waals surface area contributed by atoms with Crippen LogP contribution in [0.15, 0.2) is 103 Å². The van der Waals surface area contributed by atoms with E-state index in [0.29, 0.717) is 6.61 Å². The lowest BCUT2D eigenvalue weighted by molar-refractivity contribution is 0.306. The van der Waals surface area contributed by atoms with Crippen LogP contribution in [0.3, 0.4) is 0 Å². The van der Waals surface area contributed by atoms with Crippen molar-refractivity contribution in [2.24, 2.45) is 0 Å². The van der Waals surface area contributed by atoms with E-state index in [1.807, 2.05) is 0 Å². The third kappa shape index (κ3) is 7.55. The summed E-state index contributed by atoms with van der Waals surface area (Å²) < 4.78 is 6.03. The molecule has 2 nitrogen and oxygen atoms in total. The molecule has 0 saturated carbocycles. The third-order valence-electron chi connectivity index (χ3n) is 6.46. The predicted octanol–water partition coefficient (Wildman–Crippen LogP) is 7.34. The molecule has 0 saturated heterocycles. The van der Waals surface area contributed by atoms with Gasteiger partial charge >= 0.3 is 0 Å². The van der Waals surface area contributed by atoms with Gasteiger partial charge in [-0.15, -0.1) is 0 Å². The van der Waals surface area contributed by atoms with Gasteiger partial charge in [-0.05, 0) is 48.2 Å². The number of benzene rings is 4. The van der Waals surface area contributed by atoms with Crippen molar-refractivity contribution in [3.8, 4) is 5.75 Å². The van der Waals surface area contributed by atoms with Crippen molar-refractivity contribution in [1.82, 2.24) is 5.32 Å². The lowest BCUT2D eigenvalue weighted by atomic mass is 10.1. The Morgan fingerprint density at radius 2 is 1.31 bits per heavy atom. The average molecular weight is 492 g/mol. The quantitative estimate of drug-likeness (QED) is 0.234. The largest absolute Gasteiger partial charge is 0.489 e. The second-order valence-electron chi connectivity index (χ2n) is 10.2. The van der Waals surface area contributed by atoms with Crippen molar-refractivity contribution < 1.29 is 4.74 Å². The van der Waals surface area contributed by atoms with Gasteiger partial charge in [0.2, 0.25) is 0 Å². The van der Waals surface area contributed by atoms with Crippen molar-refractivity contribution >= 4 is 19.3 Å². The Morgan fingerprint density at radius 3 is 1.97 bits per heavy atom. The standard InChI is InChI=1S/C33H37NOSi/c1-26-20-27(2)22-31(21-26)24-34-23-29-14-16-32(17-15-29)35-25-30-12-10-28(11-13-30)18-19-36(3,4)33-8-6-5-7-9-33/h5-22,34H,23-25H2,1-4H3/b19-18+. The number of hydrogen-bond donors (Lipinski definition) is 1. The lowest BCUT2D eigenvalue weighted by Gasteiger charge is -2.18. The van der Waals surface area contributed by atoms with Crippen LogP contribution in [0.1, 0.15) is 33.4 Å². The second kappa shape index (κ2) is 12.0. The van der Waals surface area contributed by atoms with E-state index in [4.69, 9.17) is 4.74 Å². The minimum absolute atomic E-state index is 0.568. The van der Waals surface area contributed by atoms with Gasteiger partial charge in [-0.3, -0.25) is 0 Å². The number of rotatable bonds is 10. The van der Waals surface area contributed by atoms with Crippen molar-refractivity contribution in [2.45, 2.75) is 46.6 Å². The molecule has 4 rings (SSSR count). The summed E-state index contributed by atoms with van der Waals surface area (Å²) in [5, 5.41) is 4.99. The highest BCUT2D eigenvalue weighted by molar-refractivity contribution is 6.94. The SMILES string of the molecule is Cc1cc(C)cc(CNCc2ccc(OCc3ccc(/C=C/[Si](C)(C)c4ccccc4)cc3)cc2)c1. The van der Waals surface area contributed by atoms with Crippen LogP contribution >= 0.6 is 0 Å². The van der Waals surface area contributed by atoms with E-state index in [1.165, 1.54) is 38.6 Å². The summed E-state index contributed by atoms with van der Waals surface area (Å²) in [4.78, 5) is 0. The van der Waals surface area contributed by atoms with Gasteiger partial charge < -0.3 is 10.1 Å². The molecule has 4 aromatic carbocycles. The molecular weight excluding hydrogens is 454 g/mol. The third-order valence-corrected chi connectivity index (χ3v) is 9.28. The molecule has 0 aromatic heterocycles. The molecule has 36 heavy (non-hydrogen) atoms. The average Bonchev–Trinajstić information content (AvgIpc) is 2.88.